The van der Waals surface area contributed by atoms with Crippen molar-refractivity contribution in [3.8, 4) is 0 Å². The normalized spacial score (nSPS) is 12.1. The molecule has 0 bridgehead atoms. The molecule has 0 aliphatic heterocycles. The average Bonchev–Trinajstić information content (AvgIpc) is 2.34. The SMILES string of the molecule is CC(C)CNC(=NCC(=O)NC(C)(C)C)NCC(=O)N(C)C. The summed E-state index contributed by atoms with van der Waals surface area (Å²) in [4.78, 5) is 29.1. The number of carbonyl (C=O) groups is 2. The predicted molar refractivity (Wildman–Crippen MR) is 89.7 cm³/mol. The van der Waals surface area contributed by atoms with E-state index in [1.54, 1.807) is 14.1 Å². The van der Waals surface area contributed by atoms with Gasteiger partial charge in [0.25, 0.3) is 0 Å². The van der Waals surface area contributed by atoms with Gasteiger partial charge in [-0.1, -0.05) is 13.8 Å². The zero-order chi connectivity index (χ0) is 17.3. The fourth-order valence-electron chi connectivity index (χ4n) is 1.40. The zero-order valence-electron chi connectivity index (χ0n) is 14.9. The maximum absolute atomic E-state index is 11.8. The second-order valence-electron chi connectivity index (χ2n) is 6.88. The van der Waals surface area contributed by atoms with Crippen LogP contribution in [0, 0.1) is 5.92 Å². The van der Waals surface area contributed by atoms with E-state index in [-0.39, 0.29) is 30.4 Å². The minimum atomic E-state index is -0.285. The Balaban J connectivity index is 4.59. The molecule has 0 aliphatic rings. The second kappa shape index (κ2) is 9.27. The first-order valence-electron chi connectivity index (χ1n) is 7.54. The van der Waals surface area contributed by atoms with Crippen molar-refractivity contribution in [1.82, 2.24) is 20.9 Å². The van der Waals surface area contributed by atoms with Crippen molar-refractivity contribution in [3.05, 3.63) is 0 Å². The Labute approximate surface area is 133 Å². The molecule has 0 spiro atoms. The smallest absolute Gasteiger partial charge is 0.242 e. The van der Waals surface area contributed by atoms with Gasteiger partial charge in [-0.2, -0.15) is 0 Å². The molecule has 0 saturated heterocycles. The van der Waals surface area contributed by atoms with Crippen molar-refractivity contribution in [2.24, 2.45) is 10.9 Å². The third kappa shape index (κ3) is 10.9. The molecular formula is C15H31N5O2. The van der Waals surface area contributed by atoms with Gasteiger partial charge in [0, 0.05) is 26.2 Å². The van der Waals surface area contributed by atoms with Gasteiger partial charge in [0.1, 0.15) is 6.54 Å². The summed E-state index contributed by atoms with van der Waals surface area (Å²) in [5.74, 6) is 0.684. The number of rotatable bonds is 6. The van der Waals surface area contributed by atoms with Gasteiger partial charge < -0.3 is 20.9 Å². The summed E-state index contributed by atoms with van der Waals surface area (Å²) < 4.78 is 0. The number of aliphatic imine (C=N–C) groups is 1. The molecule has 0 aromatic carbocycles. The Morgan fingerprint density at radius 2 is 1.73 bits per heavy atom. The van der Waals surface area contributed by atoms with Gasteiger partial charge in [-0.3, -0.25) is 9.59 Å². The predicted octanol–water partition coefficient (Wildman–Crippen LogP) is 0.181. The minimum Gasteiger partial charge on any atom is -0.356 e. The maximum Gasteiger partial charge on any atom is 0.242 e. The summed E-state index contributed by atoms with van der Waals surface area (Å²) in [6.45, 7) is 10.8. The first-order valence-corrected chi connectivity index (χ1v) is 7.54. The first-order chi connectivity index (χ1) is 10.0. The van der Waals surface area contributed by atoms with Crippen LogP contribution in [0.15, 0.2) is 4.99 Å². The topological polar surface area (TPSA) is 85.8 Å². The number of carbonyl (C=O) groups excluding carboxylic acids is 2. The largest absolute Gasteiger partial charge is 0.356 e. The van der Waals surface area contributed by atoms with Crippen LogP contribution in [-0.4, -0.2) is 61.9 Å². The summed E-state index contributed by atoms with van der Waals surface area (Å²) >= 11 is 0. The molecule has 0 unspecified atom stereocenters. The number of hydrogen-bond acceptors (Lipinski definition) is 3. The van der Waals surface area contributed by atoms with E-state index >= 15 is 0 Å². The molecule has 0 heterocycles. The van der Waals surface area contributed by atoms with Gasteiger partial charge in [-0.15, -0.1) is 0 Å². The van der Waals surface area contributed by atoms with Crippen molar-refractivity contribution in [3.63, 3.8) is 0 Å². The summed E-state index contributed by atoms with van der Waals surface area (Å²) in [6, 6.07) is 0. The molecule has 7 nitrogen and oxygen atoms in total. The number of amides is 2. The van der Waals surface area contributed by atoms with Gasteiger partial charge in [0.2, 0.25) is 11.8 Å². The monoisotopic (exact) mass is 313 g/mol. The molecule has 0 atom stereocenters. The third-order valence-corrected chi connectivity index (χ3v) is 2.48. The van der Waals surface area contributed by atoms with Crippen LogP contribution in [0.1, 0.15) is 34.6 Å². The van der Waals surface area contributed by atoms with Crippen molar-refractivity contribution >= 4 is 17.8 Å². The van der Waals surface area contributed by atoms with Crippen LogP contribution in [0.4, 0.5) is 0 Å². The van der Waals surface area contributed by atoms with E-state index in [2.05, 4.69) is 34.8 Å². The Morgan fingerprint density at radius 3 is 2.18 bits per heavy atom. The van der Waals surface area contributed by atoms with Crippen LogP contribution in [0.3, 0.4) is 0 Å². The van der Waals surface area contributed by atoms with E-state index in [0.29, 0.717) is 18.4 Å². The molecule has 0 fully saturated rings. The Bertz CT molecular complexity index is 397. The fourth-order valence-corrected chi connectivity index (χ4v) is 1.40. The van der Waals surface area contributed by atoms with Crippen LogP contribution < -0.4 is 16.0 Å². The van der Waals surface area contributed by atoms with Crippen LogP contribution in [0.2, 0.25) is 0 Å². The van der Waals surface area contributed by atoms with Gasteiger partial charge >= 0.3 is 0 Å². The Kier molecular flexibility index (Phi) is 8.52. The molecule has 0 radical (unpaired) electrons. The van der Waals surface area contributed by atoms with Gasteiger partial charge in [0.15, 0.2) is 5.96 Å². The molecule has 0 aromatic heterocycles. The molecule has 0 aliphatic carbocycles. The highest BCUT2D eigenvalue weighted by Crippen LogP contribution is 1.97. The van der Waals surface area contributed by atoms with Crippen molar-refractivity contribution in [1.29, 1.82) is 0 Å². The highest BCUT2D eigenvalue weighted by atomic mass is 16.2. The van der Waals surface area contributed by atoms with E-state index in [0.717, 1.165) is 0 Å². The lowest BCUT2D eigenvalue weighted by Gasteiger charge is -2.20. The van der Waals surface area contributed by atoms with Crippen LogP contribution in [-0.2, 0) is 9.59 Å². The van der Waals surface area contributed by atoms with Crippen molar-refractivity contribution in [2.75, 3.05) is 33.7 Å². The lowest BCUT2D eigenvalue weighted by Crippen LogP contribution is -2.45. The number of nitrogens with one attached hydrogen (secondary N) is 3. The molecule has 2 amide bonds. The third-order valence-electron chi connectivity index (χ3n) is 2.48. The summed E-state index contributed by atoms with van der Waals surface area (Å²) in [5, 5.41) is 8.91. The summed E-state index contributed by atoms with van der Waals surface area (Å²) in [7, 11) is 3.39. The Hall–Kier alpha value is -1.79. The van der Waals surface area contributed by atoms with Crippen molar-refractivity contribution in [2.45, 2.75) is 40.2 Å². The number of likely N-dealkylation sites (N-methyl/N-ethyl adjacent to an activating group) is 1. The molecule has 22 heavy (non-hydrogen) atoms. The quantitative estimate of drug-likeness (QED) is 0.482. The molecular weight excluding hydrogens is 282 g/mol. The molecule has 3 N–H and O–H groups in total. The van der Waals surface area contributed by atoms with E-state index in [1.807, 2.05) is 20.8 Å². The molecule has 0 rings (SSSR count). The summed E-state index contributed by atoms with van der Waals surface area (Å²) in [5.41, 5.74) is -0.285. The van der Waals surface area contributed by atoms with Crippen LogP contribution >= 0.6 is 0 Å². The van der Waals surface area contributed by atoms with E-state index in [4.69, 9.17) is 0 Å². The lowest BCUT2D eigenvalue weighted by molar-refractivity contribution is -0.127. The highest BCUT2D eigenvalue weighted by Gasteiger charge is 2.13. The fraction of sp³-hybridized carbons (Fsp3) is 0.800. The minimum absolute atomic E-state index is 0.0147. The highest BCUT2D eigenvalue weighted by molar-refractivity contribution is 5.88. The number of hydrogen-bond donors (Lipinski definition) is 3. The average molecular weight is 313 g/mol. The van der Waals surface area contributed by atoms with E-state index < -0.39 is 0 Å². The van der Waals surface area contributed by atoms with Gasteiger partial charge in [-0.25, -0.2) is 4.99 Å². The van der Waals surface area contributed by atoms with Crippen LogP contribution in [0.5, 0.6) is 0 Å². The molecule has 0 saturated carbocycles. The van der Waals surface area contributed by atoms with Crippen LogP contribution in [0.25, 0.3) is 0 Å². The maximum atomic E-state index is 11.8. The number of nitrogens with zero attached hydrogens (tertiary/aromatic N) is 2. The zero-order valence-corrected chi connectivity index (χ0v) is 14.9. The molecule has 7 heteroatoms. The standard InChI is InChI=1S/C15H31N5O2/c1-11(2)8-16-14(18-10-13(22)20(6)7)17-9-12(21)19-15(3,4)5/h11H,8-10H2,1-7H3,(H,19,21)(H2,16,17,18). The van der Waals surface area contributed by atoms with Gasteiger partial charge in [-0.05, 0) is 26.7 Å². The first kappa shape index (κ1) is 20.2. The Morgan fingerprint density at radius 1 is 1.14 bits per heavy atom. The molecule has 128 valence electrons. The lowest BCUT2D eigenvalue weighted by atomic mass is 10.1. The summed E-state index contributed by atoms with van der Waals surface area (Å²) in [6.07, 6.45) is 0. The van der Waals surface area contributed by atoms with E-state index in [9.17, 15) is 9.59 Å². The van der Waals surface area contributed by atoms with Gasteiger partial charge in [0.05, 0.1) is 6.54 Å². The van der Waals surface area contributed by atoms with E-state index in [1.165, 1.54) is 4.90 Å². The number of guanidine groups is 1. The molecule has 0 aromatic rings. The second-order valence-corrected chi connectivity index (χ2v) is 6.88. The van der Waals surface area contributed by atoms with Crippen molar-refractivity contribution < 1.29 is 9.59 Å².